The van der Waals surface area contributed by atoms with Crippen molar-refractivity contribution in [2.75, 3.05) is 13.2 Å². The highest BCUT2D eigenvalue weighted by Gasteiger charge is 2.37. The van der Waals surface area contributed by atoms with Gasteiger partial charge in [0.15, 0.2) is 0 Å². The Hall–Kier alpha value is -1.16. The Kier molecular flexibility index (Phi) is 12.4. The molecule has 2 aromatic rings. The molecule has 28 heavy (non-hydrogen) atoms. The number of unbranched alkanes of at least 4 members (excludes halogenated alkanes) is 2. The molecular weight excluding hydrogens is 393 g/mol. The van der Waals surface area contributed by atoms with E-state index in [0.717, 1.165) is 36.8 Å². The van der Waals surface area contributed by atoms with E-state index in [-0.39, 0.29) is 12.4 Å². The van der Waals surface area contributed by atoms with Gasteiger partial charge in [0.25, 0.3) is 0 Å². The van der Waals surface area contributed by atoms with Crippen molar-refractivity contribution in [1.82, 2.24) is 5.32 Å². The Labute approximate surface area is 176 Å². The lowest BCUT2D eigenvalue weighted by molar-refractivity contribution is 0.188. The zero-order valence-electron chi connectivity index (χ0n) is 16.9. The molecule has 2 aromatic carbocycles. The van der Waals surface area contributed by atoms with Crippen LogP contribution in [0.1, 0.15) is 56.4 Å². The smallest absolute Gasteiger partial charge is 0.307 e. The highest BCUT2D eigenvalue weighted by molar-refractivity contribution is 7.54. The van der Waals surface area contributed by atoms with E-state index >= 15 is 0 Å². The molecule has 0 heterocycles. The quantitative estimate of drug-likeness (QED) is 0.285. The first-order valence-electron chi connectivity index (χ1n) is 9.90. The van der Waals surface area contributed by atoms with E-state index in [1.54, 1.807) is 0 Å². The monoisotopic (exact) mass is 425 g/mol. The molecule has 1 unspecified atom stereocenters. The molecule has 0 radical (unpaired) electrons. The molecule has 0 fully saturated rings. The fraction of sp³-hybridized carbons (Fsp3) is 0.455. The van der Waals surface area contributed by atoms with Crippen molar-refractivity contribution in [3.63, 3.8) is 0 Å². The molecule has 0 spiro atoms. The molecule has 0 amide bonds. The van der Waals surface area contributed by atoms with Gasteiger partial charge in [0, 0.05) is 6.54 Å². The Morgan fingerprint density at radius 3 is 1.86 bits per heavy atom. The summed E-state index contributed by atoms with van der Waals surface area (Å²) in [6.45, 7) is 5.66. The van der Waals surface area contributed by atoms with E-state index in [9.17, 15) is 4.57 Å². The van der Waals surface area contributed by atoms with Gasteiger partial charge in [0.2, 0.25) is 0 Å². The summed E-state index contributed by atoms with van der Waals surface area (Å²) in [6.07, 6.45) is 3.70. The van der Waals surface area contributed by atoms with Crippen LogP contribution in [0.15, 0.2) is 60.7 Å². The molecule has 0 aliphatic carbocycles. The second-order valence-corrected chi connectivity index (χ2v) is 8.71. The summed E-state index contributed by atoms with van der Waals surface area (Å²) >= 11 is 0. The van der Waals surface area contributed by atoms with Crippen LogP contribution in [0.5, 0.6) is 0 Å². The van der Waals surface area contributed by atoms with Gasteiger partial charge in [-0.25, -0.2) is 0 Å². The number of rotatable bonds is 13. The summed E-state index contributed by atoms with van der Waals surface area (Å²) in [7, 11) is -3.36. The number of hydrogen-bond acceptors (Lipinski definition) is 4. The molecule has 1 atom stereocenters. The maximum Gasteiger partial charge on any atom is 0.351 e. The van der Waals surface area contributed by atoms with Gasteiger partial charge in [-0.2, -0.15) is 0 Å². The summed E-state index contributed by atoms with van der Waals surface area (Å²) in [4.78, 5) is 0. The van der Waals surface area contributed by atoms with Crippen molar-refractivity contribution in [3.05, 3.63) is 71.8 Å². The third-order valence-electron chi connectivity index (χ3n) is 4.31. The second-order valence-electron chi connectivity index (χ2n) is 6.59. The average molecular weight is 426 g/mol. The summed E-state index contributed by atoms with van der Waals surface area (Å²) in [5.41, 5.74) is 2.05. The minimum atomic E-state index is -3.36. The fourth-order valence-electron chi connectivity index (χ4n) is 2.72. The summed E-state index contributed by atoms with van der Waals surface area (Å²) in [5, 5.41) is 3.43. The van der Waals surface area contributed by atoms with Gasteiger partial charge in [0.1, 0.15) is 5.78 Å². The maximum absolute atomic E-state index is 13.8. The molecule has 0 aliphatic rings. The van der Waals surface area contributed by atoms with Gasteiger partial charge in [0.05, 0.1) is 13.2 Å². The van der Waals surface area contributed by atoms with Crippen molar-refractivity contribution in [1.29, 1.82) is 0 Å². The standard InChI is InChI=1S/C22H32NO3P.ClH/c1-3-5-17-25-27(24,26-18-6-4-2)22(21-15-11-8-12-16-21)23-19-20-13-9-7-10-14-20;/h7-16,22-23H,3-6,17-19H2,1-2H3;1H. The summed E-state index contributed by atoms with van der Waals surface area (Å²) in [5.74, 6) is -0.493. The van der Waals surface area contributed by atoms with Crippen molar-refractivity contribution in [3.8, 4) is 0 Å². The third kappa shape index (κ3) is 8.06. The minimum Gasteiger partial charge on any atom is -0.307 e. The lowest BCUT2D eigenvalue weighted by Gasteiger charge is -2.28. The Morgan fingerprint density at radius 1 is 0.857 bits per heavy atom. The first-order chi connectivity index (χ1) is 13.2. The largest absolute Gasteiger partial charge is 0.351 e. The second kappa shape index (κ2) is 13.9. The highest BCUT2D eigenvalue weighted by Crippen LogP contribution is 2.60. The van der Waals surface area contributed by atoms with Gasteiger partial charge >= 0.3 is 7.60 Å². The fourth-order valence-corrected chi connectivity index (χ4v) is 4.71. The van der Waals surface area contributed by atoms with Crippen LogP contribution >= 0.6 is 20.0 Å². The summed E-state index contributed by atoms with van der Waals surface area (Å²) in [6, 6.07) is 19.9. The van der Waals surface area contributed by atoms with Crippen LogP contribution < -0.4 is 5.32 Å². The molecule has 0 aromatic heterocycles. The van der Waals surface area contributed by atoms with Crippen LogP contribution in [0.25, 0.3) is 0 Å². The van der Waals surface area contributed by atoms with Gasteiger partial charge in [-0.15, -0.1) is 12.4 Å². The molecule has 1 N–H and O–H groups in total. The number of benzene rings is 2. The molecule has 0 aliphatic heterocycles. The zero-order chi connectivity index (χ0) is 19.4. The molecule has 0 bridgehead atoms. The lowest BCUT2D eigenvalue weighted by Crippen LogP contribution is -2.23. The Morgan fingerprint density at radius 2 is 1.36 bits per heavy atom. The van der Waals surface area contributed by atoms with Gasteiger partial charge in [-0.1, -0.05) is 87.4 Å². The molecule has 6 heteroatoms. The van der Waals surface area contributed by atoms with Crippen LogP contribution in [-0.4, -0.2) is 13.2 Å². The Bertz CT molecular complexity index is 671. The van der Waals surface area contributed by atoms with Crippen molar-refractivity contribution >= 4 is 20.0 Å². The lowest BCUT2D eigenvalue weighted by atomic mass is 10.2. The molecule has 0 saturated heterocycles. The molecule has 0 saturated carbocycles. The van der Waals surface area contributed by atoms with E-state index in [1.165, 1.54) is 0 Å². The third-order valence-corrected chi connectivity index (χ3v) is 6.51. The normalized spacial score (nSPS) is 12.4. The van der Waals surface area contributed by atoms with Crippen LogP contribution in [0, 0.1) is 0 Å². The topological polar surface area (TPSA) is 47.6 Å². The number of halogens is 1. The number of hydrogen-bond donors (Lipinski definition) is 1. The van der Waals surface area contributed by atoms with Crippen molar-refractivity contribution in [2.45, 2.75) is 51.9 Å². The van der Waals surface area contributed by atoms with Crippen LogP contribution in [0.2, 0.25) is 0 Å². The molecule has 156 valence electrons. The Balaban J connectivity index is 0.00000392. The van der Waals surface area contributed by atoms with E-state index in [4.69, 9.17) is 9.05 Å². The summed E-state index contributed by atoms with van der Waals surface area (Å²) < 4.78 is 25.6. The van der Waals surface area contributed by atoms with Crippen molar-refractivity contribution in [2.24, 2.45) is 0 Å². The van der Waals surface area contributed by atoms with Crippen LogP contribution in [0.4, 0.5) is 0 Å². The SMILES string of the molecule is CCCCOP(=O)(OCCCC)C(NCc1ccccc1)c1ccccc1.Cl. The molecular formula is C22H33ClNO3P. The first kappa shape index (κ1) is 24.9. The predicted molar refractivity (Wildman–Crippen MR) is 119 cm³/mol. The minimum absolute atomic E-state index is 0. The predicted octanol–water partition coefficient (Wildman–Crippen LogP) is 6.72. The van der Waals surface area contributed by atoms with Crippen LogP contribution in [0.3, 0.4) is 0 Å². The van der Waals surface area contributed by atoms with Crippen molar-refractivity contribution < 1.29 is 13.6 Å². The zero-order valence-corrected chi connectivity index (χ0v) is 18.6. The van der Waals surface area contributed by atoms with Gasteiger partial charge in [-0.05, 0) is 24.0 Å². The van der Waals surface area contributed by atoms with E-state index in [2.05, 4.69) is 31.3 Å². The average Bonchev–Trinajstić information content (AvgIpc) is 2.70. The van der Waals surface area contributed by atoms with Gasteiger partial charge in [-0.3, -0.25) is 9.88 Å². The van der Waals surface area contributed by atoms with Crippen LogP contribution in [-0.2, 0) is 20.2 Å². The van der Waals surface area contributed by atoms with E-state index < -0.39 is 13.4 Å². The first-order valence-corrected chi connectivity index (χ1v) is 11.5. The van der Waals surface area contributed by atoms with E-state index in [0.29, 0.717) is 19.8 Å². The number of nitrogens with one attached hydrogen (secondary N) is 1. The molecule has 2 rings (SSSR count). The molecule has 4 nitrogen and oxygen atoms in total. The maximum atomic E-state index is 13.8. The van der Waals surface area contributed by atoms with Gasteiger partial charge < -0.3 is 9.05 Å². The van der Waals surface area contributed by atoms with E-state index in [1.807, 2.05) is 48.5 Å². The highest BCUT2D eigenvalue weighted by atomic mass is 35.5.